The molecule has 2 heterocycles. The summed E-state index contributed by atoms with van der Waals surface area (Å²) in [6, 6.07) is 18.2. The second kappa shape index (κ2) is 6.53. The Hall–Kier alpha value is -2.92. The van der Waals surface area contributed by atoms with E-state index >= 15 is 0 Å². The van der Waals surface area contributed by atoms with E-state index in [4.69, 9.17) is 10.5 Å². The first-order valence-electron chi connectivity index (χ1n) is 8.37. The van der Waals surface area contributed by atoms with Gasteiger partial charge in [-0.3, -0.25) is 0 Å². The zero-order valence-corrected chi connectivity index (χ0v) is 14.1. The van der Waals surface area contributed by atoms with Gasteiger partial charge in [-0.2, -0.15) is 0 Å². The number of anilines is 1. The van der Waals surface area contributed by atoms with Crippen LogP contribution >= 0.6 is 0 Å². The molecule has 4 aromatic rings. The van der Waals surface area contributed by atoms with Crippen molar-refractivity contribution in [2.45, 2.75) is 20.1 Å². The quantitative estimate of drug-likeness (QED) is 0.566. The number of ether oxygens (including phenoxy) is 1. The Kier molecular flexibility index (Phi) is 4.07. The Bertz CT molecular complexity index is 1020. The second-order valence-electron chi connectivity index (χ2n) is 6.06. The first-order chi connectivity index (χ1) is 12.2. The zero-order chi connectivity index (χ0) is 17.2. The van der Waals surface area contributed by atoms with Gasteiger partial charge in [0, 0.05) is 11.9 Å². The summed E-state index contributed by atoms with van der Waals surface area (Å²) in [4.78, 5) is 9.08. The van der Waals surface area contributed by atoms with Crippen LogP contribution in [0.1, 0.15) is 11.4 Å². The smallest absolute Gasteiger partial charge is 0.152 e. The van der Waals surface area contributed by atoms with Gasteiger partial charge in [0.15, 0.2) is 5.82 Å². The molecule has 2 N–H and O–H groups in total. The van der Waals surface area contributed by atoms with Gasteiger partial charge in [-0.05, 0) is 18.6 Å². The standard InChI is InChI=1S/C20H20N4O/c1-14-22-18-19(16-9-5-6-10-17(16)23-20(18)21)24(14)11-12-25-13-15-7-3-2-4-8-15/h2-10H,11-13H2,1H3,(H2,21,23). The number of rotatable bonds is 5. The summed E-state index contributed by atoms with van der Waals surface area (Å²) in [5, 5.41) is 1.07. The Morgan fingerprint density at radius 1 is 1.00 bits per heavy atom. The van der Waals surface area contributed by atoms with E-state index in [2.05, 4.69) is 32.7 Å². The summed E-state index contributed by atoms with van der Waals surface area (Å²) < 4.78 is 8.01. The minimum atomic E-state index is 0.473. The highest BCUT2D eigenvalue weighted by Crippen LogP contribution is 2.28. The van der Waals surface area contributed by atoms with Gasteiger partial charge >= 0.3 is 0 Å². The molecule has 0 bridgehead atoms. The predicted molar refractivity (Wildman–Crippen MR) is 100 cm³/mol. The van der Waals surface area contributed by atoms with Crippen LogP contribution in [0.15, 0.2) is 54.6 Å². The molecule has 0 fully saturated rings. The van der Waals surface area contributed by atoms with Gasteiger partial charge in [0.05, 0.1) is 24.2 Å². The number of para-hydroxylation sites is 1. The summed E-state index contributed by atoms with van der Waals surface area (Å²) in [5.74, 6) is 1.39. The van der Waals surface area contributed by atoms with E-state index in [-0.39, 0.29) is 0 Å². The lowest BCUT2D eigenvalue weighted by atomic mass is 10.2. The van der Waals surface area contributed by atoms with Crippen LogP contribution in [-0.2, 0) is 17.9 Å². The molecule has 0 saturated heterocycles. The van der Waals surface area contributed by atoms with Crippen LogP contribution in [0.2, 0.25) is 0 Å². The molecular weight excluding hydrogens is 312 g/mol. The average molecular weight is 332 g/mol. The topological polar surface area (TPSA) is 66.0 Å². The molecule has 126 valence electrons. The normalized spacial score (nSPS) is 11.4. The largest absolute Gasteiger partial charge is 0.382 e. The van der Waals surface area contributed by atoms with Gasteiger partial charge in [0.25, 0.3) is 0 Å². The number of aryl methyl sites for hydroxylation is 1. The molecule has 0 spiro atoms. The maximum absolute atomic E-state index is 6.12. The lowest BCUT2D eigenvalue weighted by Gasteiger charge is -2.10. The maximum Gasteiger partial charge on any atom is 0.152 e. The Morgan fingerprint density at radius 3 is 2.60 bits per heavy atom. The van der Waals surface area contributed by atoms with Gasteiger partial charge < -0.3 is 15.0 Å². The number of imidazole rings is 1. The Labute approximate surface area is 146 Å². The molecule has 0 amide bonds. The molecule has 0 radical (unpaired) electrons. The highest BCUT2D eigenvalue weighted by molar-refractivity contribution is 6.06. The molecule has 0 aliphatic heterocycles. The lowest BCUT2D eigenvalue weighted by molar-refractivity contribution is 0.113. The molecule has 0 aliphatic rings. The van der Waals surface area contributed by atoms with E-state index in [1.54, 1.807) is 0 Å². The number of nitrogens with two attached hydrogens (primary N) is 1. The van der Waals surface area contributed by atoms with Crippen molar-refractivity contribution in [3.63, 3.8) is 0 Å². The molecule has 5 nitrogen and oxygen atoms in total. The Morgan fingerprint density at radius 2 is 1.76 bits per heavy atom. The first-order valence-corrected chi connectivity index (χ1v) is 8.37. The maximum atomic E-state index is 6.12. The summed E-state index contributed by atoms with van der Waals surface area (Å²) in [6.45, 7) is 3.93. The zero-order valence-electron chi connectivity index (χ0n) is 14.1. The van der Waals surface area contributed by atoms with Gasteiger partial charge in [0.2, 0.25) is 0 Å². The fourth-order valence-corrected chi connectivity index (χ4v) is 3.16. The summed E-state index contributed by atoms with van der Waals surface area (Å²) in [5.41, 5.74) is 9.97. The summed E-state index contributed by atoms with van der Waals surface area (Å²) >= 11 is 0. The molecule has 0 atom stereocenters. The number of fused-ring (bicyclic) bond motifs is 3. The monoisotopic (exact) mass is 332 g/mol. The van der Waals surface area contributed by atoms with Crippen molar-refractivity contribution in [2.75, 3.05) is 12.3 Å². The molecule has 0 aliphatic carbocycles. The molecule has 2 aromatic carbocycles. The molecular formula is C20H20N4O. The number of hydrogen-bond donors (Lipinski definition) is 1. The fraction of sp³-hybridized carbons (Fsp3) is 0.200. The van der Waals surface area contributed by atoms with E-state index in [1.165, 1.54) is 5.56 Å². The van der Waals surface area contributed by atoms with Gasteiger partial charge in [-0.15, -0.1) is 0 Å². The van der Waals surface area contributed by atoms with Crippen molar-refractivity contribution in [1.82, 2.24) is 14.5 Å². The predicted octanol–water partition coefficient (Wildman–Crippen LogP) is 3.69. The van der Waals surface area contributed by atoms with E-state index < -0.39 is 0 Å². The van der Waals surface area contributed by atoms with Gasteiger partial charge in [-0.25, -0.2) is 9.97 Å². The molecule has 0 unspecified atom stereocenters. The van der Waals surface area contributed by atoms with E-state index in [9.17, 15) is 0 Å². The Balaban J connectivity index is 1.62. The number of hydrogen-bond acceptors (Lipinski definition) is 4. The summed E-state index contributed by atoms with van der Waals surface area (Å²) in [6.07, 6.45) is 0. The molecule has 5 heteroatoms. The van der Waals surface area contributed by atoms with Crippen LogP contribution < -0.4 is 5.73 Å². The number of nitrogen functional groups attached to an aromatic ring is 1. The van der Waals surface area contributed by atoms with Crippen LogP contribution in [-0.4, -0.2) is 21.1 Å². The fourth-order valence-electron chi connectivity index (χ4n) is 3.16. The van der Waals surface area contributed by atoms with E-state index in [1.807, 2.05) is 43.3 Å². The van der Waals surface area contributed by atoms with Crippen LogP contribution in [0.4, 0.5) is 5.82 Å². The van der Waals surface area contributed by atoms with Crippen molar-refractivity contribution in [3.05, 3.63) is 66.0 Å². The van der Waals surface area contributed by atoms with Crippen LogP contribution in [0.5, 0.6) is 0 Å². The average Bonchev–Trinajstić information content (AvgIpc) is 2.97. The van der Waals surface area contributed by atoms with Crippen molar-refractivity contribution >= 4 is 27.8 Å². The molecule has 0 saturated carbocycles. The molecule has 4 rings (SSSR count). The summed E-state index contributed by atoms with van der Waals surface area (Å²) in [7, 11) is 0. The SMILES string of the molecule is Cc1nc2c(N)nc3ccccc3c2n1CCOCc1ccccc1. The van der Waals surface area contributed by atoms with Crippen molar-refractivity contribution in [2.24, 2.45) is 0 Å². The highest BCUT2D eigenvalue weighted by Gasteiger charge is 2.14. The number of nitrogens with zero attached hydrogens (tertiary/aromatic N) is 3. The first kappa shape index (κ1) is 15.6. The second-order valence-corrected chi connectivity index (χ2v) is 6.06. The number of aromatic nitrogens is 3. The third-order valence-corrected chi connectivity index (χ3v) is 4.37. The third kappa shape index (κ3) is 2.94. The van der Waals surface area contributed by atoms with E-state index in [0.29, 0.717) is 19.0 Å². The van der Waals surface area contributed by atoms with Crippen molar-refractivity contribution < 1.29 is 4.74 Å². The van der Waals surface area contributed by atoms with Crippen LogP contribution in [0.3, 0.4) is 0 Å². The third-order valence-electron chi connectivity index (χ3n) is 4.37. The molecule has 25 heavy (non-hydrogen) atoms. The highest BCUT2D eigenvalue weighted by atomic mass is 16.5. The van der Waals surface area contributed by atoms with Crippen LogP contribution in [0, 0.1) is 6.92 Å². The number of pyridine rings is 1. The minimum absolute atomic E-state index is 0.473. The number of benzene rings is 2. The molecule has 2 aromatic heterocycles. The van der Waals surface area contributed by atoms with Gasteiger partial charge in [-0.1, -0.05) is 48.5 Å². The minimum Gasteiger partial charge on any atom is -0.382 e. The van der Waals surface area contributed by atoms with Crippen LogP contribution in [0.25, 0.3) is 21.9 Å². The van der Waals surface area contributed by atoms with E-state index in [0.717, 1.165) is 34.3 Å². The van der Waals surface area contributed by atoms with Crippen molar-refractivity contribution in [1.29, 1.82) is 0 Å². The van der Waals surface area contributed by atoms with Gasteiger partial charge in [0.1, 0.15) is 11.3 Å². The van der Waals surface area contributed by atoms with Crippen molar-refractivity contribution in [3.8, 4) is 0 Å². The lowest BCUT2D eigenvalue weighted by Crippen LogP contribution is -2.08.